The molecule has 3 nitrogen and oxygen atoms in total. The van der Waals surface area contributed by atoms with Crippen LogP contribution in [-0.2, 0) is 6.18 Å². The van der Waals surface area contributed by atoms with Gasteiger partial charge < -0.3 is 0 Å². The van der Waals surface area contributed by atoms with Gasteiger partial charge in [0, 0.05) is 10.9 Å². The lowest BCUT2D eigenvalue weighted by Gasteiger charge is -2.13. The number of para-hydroxylation sites is 1. The maximum absolute atomic E-state index is 13.1. The van der Waals surface area contributed by atoms with Crippen molar-refractivity contribution in [3.63, 3.8) is 0 Å². The summed E-state index contributed by atoms with van der Waals surface area (Å²) in [5, 5.41) is 0.0599. The molecular weight excluding hydrogens is 349 g/mol. The second kappa shape index (κ2) is 6.84. The van der Waals surface area contributed by atoms with Crippen LogP contribution in [0.25, 0.3) is 10.9 Å². The zero-order valence-electron chi connectivity index (χ0n) is 13.1. The Morgan fingerprint density at radius 1 is 1.00 bits per heavy atom. The molecule has 0 aliphatic heterocycles. The summed E-state index contributed by atoms with van der Waals surface area (Å²) in [6.45, 7) is 1.66. The first kappa shape index (κ1) is 17.4. The third-order valence-electron chi connectivity index (χ3n) is 3.54. The number of halogens is 3. The van der Waals surface area contributed by atoms with E-state index in [1.165, 1.54) is 6.07 Å². The number of aromatic nitrogens is 2. The van der Waals surface area contributed by atoms with E-state index in [-0.39, 0.29) is 16.3 Å². The number of carbonyl (C=O) groups excluding carboxylic acids is 1. The molecule has 1 unspecified atom stereocenters. The van der Waals surface area contributed by atoms with Gasteiger partial charge in [-0.15, -0.1) is 0 Å². The minimum absolute atomic E-state index is 0.148. The SMILES string of the molecule is CC(Sc1nc(C(F)(F)F)nc2ccccc12)C(=O)c1ccccc1. The first-order valence-corrected chi connectivity index (χ1v) is 8.34. The lowest BCUT2D eigenvalue weighted by Crippen LogP contribution is -2.15. The van der Waals surface area contributed by atoms with Crippen LogP contribution in [0.1, 0.15) is 23.1 Å². The molecule has 0 bridgehead atoms. The van der Waals surface area contributed by atoms with Crippen LogP contribution < -0.4 is 0 Å². The second-order valence-electron chi connectivity index (χ2n) is 5.36. The number of alkyl halides is 3. The van der Waals surface area contributed by atoms with Crippen molar-refractivity contribution in [1.82, 2.24) is 9.97 Å². The zero-order chi connectivity index (χ0) is 18.0. The number of Topliss-reactive ketones (excluding diaryl/α,β-unsaturated/α-hetero) is 1. The summed E-state index contributed by atoms with van der Waals surface area (Å²) in [6.07, 6.45) is -4.65. The molecule has 0 fully saturated rings. The van der Waals surface area contributed by atoms with Crippen LogP contribution in [0.15, 0.2) is 59.6 Å². The Hall–Kier alpha value is -2.41. The molecule has 7 heteroatoms. The highest BCUT2D eigenvalue weighted by Crippen LogP contribution is 2.34. The van der Waals surface area contributed by atoms with Crippen LogP contribution in [0.4, 0.5) is 13.2 Å². The zero-order valence-corrected chi connectivity index (χ0v) is 13.9. The molecule has 0 radical (unpaired) electrons. The topological polar surface area (TPSA) is 42.9 Å². The van der Waals surface area contributed by atoms with Crippen LogP contribution in [0.3, 0.4) is 0 Å². The van der Waals surface area contributed by atoms with Crippen molar-refractivity contribution in [2.24, 2.45) is 0 Å². The van der Waals surface area contributed by atoms with Gasteiger partial charge in [-0.25, -0.2) is 9.97 Å². The number of nitrogens with zero attached hydrogens (tertiary/aromatic N) is 2. The largest absolute Gasteiger partial charge is 0.451 e. The Balaban J connectivity index is 1.99. The number of fused-ring (bicyclic) bond motifs is 1. The fourth-order valence-corrected chi connectivity index (χ4v) is 3.34. The quantitative estimate of drug-likeness (QED) is 0.372. The van der Waals surface area contributed by atoms with Crippen LogP contribution in [0.2, 0.25) is 0 Å². The molecule has 0 amide bonds. The molecule has 2 aromatic carbocycles. The van der Waals surface area contributed by atoms with Gasteiger partial charge in [-0.2, -0.15) is 13.2 Å². The molecule has 25 heavy (non-hydrogen) atoms. The predicted octanol–water partition coefficient (Wildman–Crippen LogP) is 5.01. The Morgan fingerprint density at radius 2 is 1.64 bits per heavy atom. The lowest BCUT2D eigenvalue weighted by atomic mass is 10.1. The molecular formula is C18H13F3N2OS. The number of ketones is 1. The van der Waals surface area contributed by atoms with E-state index in [9.17, 15) is 18.0 Å². The minimum Gasteiger partial charge on any atom is -0.293 e. The van der Waals surface area contributed by atoms with E-state index in [0.29, 0.717) is 10.9 Å². The number of thioether (sulfide) groups is 1. The van der Waals surface area contributed by atoms with Crippen LogP contribution in [-0.4, -0.2) is 21.0 Å². The number of hydrogen-bond acceptors (Lipinski definition) is 4. The van der Waals surface area contributed by atoms with E-state index in [1.807, 2.05) is 0 Å². The van der Waals surface area contributed by atoms with Crippen LogP contribution in [0.5, 0.6) is 0 Å². The van der Waals surface area contributed by atoms with Gasteiger partial charge in [0.1, 0.15) is 5.03 Å². The van der Waals surface area contributed by atoms with Crippen molar-refractivity contribution in [1.29, 1.82) is 0 Å². The average molecular weight is 362 g/mol. The molecule has 0 saturated carbocycles. The standard InChI is InChI=1S/C18H13F3N2OS/c1-11(15(24)12-7-3-2-4-8-12)25-16-13-9-5-6-10-14(13)22-17(23-16)18(19,20)21/h2-11H,1H3. The monoisotopic (exact) mass is 362 g/mol. The molecule has 1 aromatic heterocycles. The van der Waals surface area contributed by atoms with E-state index < -0.39 is 17.3 Å². The third-order valence-corrected chi connectivity index (χ3v) is 4.64. The number of hydrogen-bond donors (Lipinski definition) is 0. The van der Waals surface area contributed by atoms with Crippen molar-refractivity contribution >= 4 is 28.4 Å². The van der Waals surface area contributed by atoms with Crippen molar-refractivity contribution in [3.8, 4) is 0 Å². The van der Waals surface area contributed by atoms with Crippen LogP contribution in [0, 0.1) is 0 Å². The van der Waals surface area contributed by atoms with Crippen molar-refractivity contribution < 1.29 is 18.0 Å². The summed E-state index contributed by atoms with van der Waals surface area (Å²) in [6, 6.07) is 15.1. The molecule has 3 aromatic rings. The Kier molecular flexibility index (Phi) is 4.76. The van der Waals surface area contributed by atoms with Gasteiger partial charge in [0.05, 0.1) is 10.8 Å². The van der Waals surface area contributed by atoms with Crippen LogP contribution >= 0.6 is 11.8 Å². The van der Waals surface area contributed by atoms with E-state index in [0.717, 1.165) is 11.8 Å². The number of rotatable bonds is 4. The molecule has 0 aliphatic rings. The Morgan fingerprint density at radius 3 is 2.32 bits per heavy atom. The highest BCUT2D eigenvalue weighted by molar-refractivity contribution is 8.00. The van der Waals surface area contributed by atoms with Gasteiger partial charge in [0.15, 0.2) is 5.78 Å². The molecule has 1 atom stereocenters. The Labute approximate surface area is 146 Å². The van der Waals surface area contributed by atoms with E-state index in [1.54, 1.807) is 55.5 Å². The van der Waals surface area contributed by atoms with Crippen molar-refractivity contribution in [3.05, 3.63) is 66.0 Å². The Bertz CT molecular complexity index is 913. The maximum Gasteiger partial charge on any atom is 0.451 e. The molecule has 1 heterocycles. The first-order valence-electron chi connectivity index (χ1n) is 7.46. The maximum atomic E-state index is 13.1. The average Bonchev–Trinajstić information content (AvgIpc) is 2.61. The molecule has 0 spiro atoms. The van der Waals surface area contributed by atoms with E-state index >= 15 is 0 Å². The number of benzene rings is 2. The highest BCUT2D eigenvalue weighted by atomic mass is 32.2. The molecule has 0 aliphatic carbocycles. The molecule has 0 N–H and O–H groups in total. The van der Waals surface area contributed by atoms with Crippen molar-refractivity contribution in [2.75, 3.05) is 0 Å². The van der Waals surface area contributed by atoms with E-state index in [2.05, 4.69) is 9.97 Å². The predicted molar refractivity (Wildman–Crippen MR) is 90.6 cm³/mol. The number of carbonyl (C=O) groups is 1. The summed E-state index contributed by atoms with van der Waals surface area (Å²) in [4.78, 5) is 19.7. The second-order valence-corrected chi connectivity index (χ2v) is 6.69. The summed E-state index contributed by atoms with van der Waals surface area (Å²) < 4.78 is 39.2. The fraction of sp³-hybridized carbons (Fsp3) is 0.167. The smallest absolute Gasteiger partial charge is 0.293 e. The third kappa shape index (κ3) is 3.82. The summed E-state index contributed by atoms with van der Waals surface area (Å²) in [5.74, 6) is -1.37. The highest BCUT2D eigenvalue weighted by Gasteiger charge is 2.35. The van der Waals surface area contributed by atoms with E-state index in [4.69, 9.17) is 0 Å². The molecule has 0 saturated heterocycles. The first-order chi connectivity index (χ1) is 11.9. The van der Waals surface area contributed by atoms with Gasteiger partial charge in [-0.1, -0.05) is 60.3 Å². The lowest BCUT2D eigenvalue weighted by molar-refractivity contribution is -0.145. The summed E-state index contributed by atoms with van der Waals surface area (Å²) >= 11 is 1.01. The molecule has 128 valence electrons. The van der Waals surface area contributed by atoms with Gasteiger partial charge >= 0.3 is 6.18 Å². The normalized spacial score (nSPS) is 13.0. The van der Waals surface area contributed by atoms with Gasteiger partial charge in [-0.05, 0) is 13.0 Å². The van der Waals surface area contributed by atoms with Gasteiger partial charge in [0.25, 0.3) is 0 Å². The van der Waals surface area contributed by atoms with Gasteiger partial charge in [-0.3, -0.25) is 4.79 Å². The van der Waals surface area contributed by atoms with Crippen molar-refractivity contribution in [2.45, 2.75) is 23.4 Å². The van der Waals surface area contributed by atoms with Gasteiger partial charge in [0.2, 0.25) is 5.82 Å². The molecule has 3 rings (SSSR count). The fourth-order valence-electron chi connectivity index (χ4n) is 2.32. The summed E-state index contributed by atoms with van der Waals surface area (Å²) in [5.41, 5.74) is 0.712. The minimum atomic E-state index is -4.65. The summed E-state index contributed by atoms with van der Waals surface area (Å²) in [7, 11) is 0.